The fraction of sp³-hybridized carbons (Fsp3) is 0.625. The highest BCUT2D eigenvalue weighted by Gasteiger charge is 2.24. The minimum atomic E-state index is 0.661. The maximum absolute atomic E-state index is 5.93. The van der Waals surface area contributed by atoms with Crippen LogP contribution < -0.4 is 11.1 Å². The molecule has 1 aliphatic rings. The predicted molar refractivity (Wildman–Crippen MR) is 89.9 cm³/mol. The van der Waals surface area contributed by atoms with Crippen molar-refractivity contribution in [1.29, 1.82) is 0 Å². The topological polar surface area (TPSA) is 63.8 Å². The lowest BCUT2D eigenvalue weighted by atomic mass is 9.79. The first kappa shape index (κ1) is 14.7. The zero-order valence-corrected chi connectivity index (χ0v) is 13.7. The van der Waals surface area contributed by atoms with Gasteiger partial charge in [-0.25, -0.2) is 9.97 Å². The van der Waals surface area contributed by atoms with E-state index in [9.17, 15) is 0 Å². The molecule has 0 aliphatic heterocycles. The summed E-state index contributed by atoms with van der Waals surface area (Å²) in [6.45, 7) is 6.09. The molecule has 5 heteroatoms. The van der Waals surface area contributed by atoms with Crippen molar-refractivity contribution in [3.63, 3.8) is 0 Å². The van der Waals surface area contributed by atoms with E-state index in [0.717, 1.165) is 23.7 Å². The Balaban J connectivity index is 1.79. The Morgan fingerprint density at radius 3 is 2.76 bits per heavy atom. The van der Waals surface area contributed by atoms with E-state index in [0.29, 0.717) is 11.8 Å². The van der Waals surface area contributed by atoms with Crippen molar-refractivity contribution in [2.45, 2.75) is 39.5 Å². The second kappa shape index (κ2) is 6.28. The Labute approximate surface area is 130 Å². The Hall–Kier alpha value is -1.20. The monoisotopic (exact) mass is 304 g/mol. The maximum atomic E-state index is 5.93. The number of nitrogens with two attached hydrogens (primary N) is 1. The van der Waals surface area contributed by atoms with Crippen LogP contribution in [0.25, 0.3) is 10.2 Å². The predicted octanol–water partition coefficient (Wildman–Crippen LogP) is 3.49. The molecule has 21 heavy (non-hydrogen) atoms. The summed E-state index contributed by atoms with van der Waals surface area (Å²) in [5.74, 6) is 2.32. The van der Waals surface area contributed by atoms with Crippen LogP contribution in [0, 0.1) is 25.7 Å². The molecule has 0 spiro atoms. The van der Waals surface area contributed by atoms with E-state index in [2.05, 4.69) is 29.1 Å². The number of rotatable bonds is 4. The summed E-state index contributed by atoms with van der Waals surface area (Å²) in [6.07, 6.45) is 6.89. The molecular weight excluding hydrogens is 280 g/mol. The largest absolute Gasteiger partial charge is 0.369 e. The highest BCUT2D eigenvalue weighted by Crippen LogP contribution is 2.34. The molecule has 1 fully saturated rings. The minimum Gasteiger partial charge on any atom is -0.369 e. The van der Waals surface area contributed by atoms with Gasteiger partial charge in [0.05, 0.1) is 5.39 Å². The second-order valence-electron chi connectivity index (χ2n) is 6.11. The first-order valence-electron chi connectivity index (χ1n) is 7.85. The third kappa shape index (κ3) is 2.90. The van der Waals surface area contributed by atoms with Crippen molar-refractivity contribution < 1.29 is 0 Å². The highest BCUT2D eigenvalue weighted by atomic mass is 32.1. The van der Waals surface area contributed by atoms with Crippen LogP contribution in [0.4, 0.5) is 5.82 Å². The Kier molecular flexibility index (Phi) is 4.40. The quantitative estimate of drug-likeness (QED) is 0.907. The van der Waals surface area contributed by atoms with E-state index in [1.54, 1.807) is 17.7 Å². The Morgan fingerprint density at radius 2 is 2.00 bits per heavy atom. The van der Waals surface area contributed by atoms with E-state index in [1.807, 2.05) is 0 Å². The number of fused-ring (bicyclic) bond motifs is 1. The molecule has 0 saturated heterocycles. The molecule has 3 N–H and O–H groups in total. The fourth-order valence-electron chi connectivity index (χ4n) is 3.41. The molecule has 2 heterocycles. The lowest BCUT2D eigenvalue weighted by Gasteiger charge is -2.30. The number of hydrogen-bond acceptors (Lipinski definition) is 5. The summed E-state index contributed by atoms with van der Waals surface area (Å²) < 4.78 is 0. The number of thiophene rings is 1. The molecule has 0 amide bonds. The average Bonchev–Trinajstić information content (AvgIpc) is 2.81. The van der Waals surface area contributed by atoms with Crippen molar-refractivity contribution in [2.24, 2.45) is 17.6 Å². The number of hydrogen-bond donors (Lipinski definition) is 2. The SMILES string of the molecule is Cc1sc2ncnc(NCC3CCCCC3CN)c2c1C. The van der Waals surface area contributed by atoms with Gasteiger partial charge in [-0.1, -0.05) is 12.8 Å². The van der Waals surface area contributed by atoms with E-state index >= 15 is 0 Å². The van der Waals surface area contributed by atoms with Crippen LogP contribution in [0.1, 0.15) is 36.1 Å². The van der Waals surface area contributed by atoms with Crippen molar-refractivity contribution in [2.75, 3.05) is 18.4 Å². The van der Waals surface area contributed by atoms with Gasteiger partial charge in [0.1, 0.15) is 17.0 Å². The number of nitrogens with one attached hydrogen (secondary N) is 1. The number of aryl methyl sites for hydroxylation is 2. The number of anilines is 1. The van der Waals surface area contributed by atoms with Crippen LogP contribution in [-0.4, -0.2) is 23.1 Å². The molecule has 1 aliphatic carbocycles. The molecule has 4 nitrogen and oxygen atoms in total. The molecule has 3 rings (SSSR count). The summed E-state index contributed by atoms with van der Waals surface area (Å²) in [4.78, 5) is 11.3. The lowest BCUT2D eigenvalue weighted by molar-refractivity contribution is 0.255. The first-order valence-corrected chi connectivity index (χ1v) is 8.67. The Morgan fingerprint density at radius 1 is 1.24 bits per heavy atom. The zero-order valence-electron chi connectivity index (χ0n) is 12.9. The molecule has 2 atom stereocenters. The summed E-state index contributed by atoms with van der Waals surface area (Å²) in [6, 6.07) is 0. The summed E-state index contributed by atoms with van der Waals surface area (Å²) in [7, 11) is 0. The molecule has 0 bridgehead atoms. The van der Waals surface area contributed by atoms with Crippen LogP contribution >= 0.6 is 11.3 Å². The highest BCUT2D eigenvalue weighted by molar-refractivity contribution is 7.18. The molecular formula is C16H24N4S. The molecule has 0 radical (unpaired) electrons. The van der Waals surface area contributed by atoms with Crippen molar-refractivity contribution in [3.05, 3.63) is 16.8 Å². The molecule has 2 unspecified atom stereocenters. The Bertz CT molecular complexity index is 622. The van der Waals surface area contributed by atoms with Crippen molar-refractivity contribution >= 4 is 27.4 Å². The average molecular weight is 304 g/mol. The summed E-state index contributed by atoms with van der Waals surface area (Å²) in [5, 5.41) is 4.77. The molecule has 0 aromatic carbocycles. The van der Waals surface area contributed by atoms with Gasteiger partial charge < -0.3 is 11.1 Å². The fourth-order valence-corrected chi connectivity index (χ4v) is 4.40. The third-order valence-corrected chi connectivity index (χ3v) is 5.98. The van der Waals surface area contributed by atoms with E-state index in [-0.39, 0.29) is 0 Å². The van der Waals surface area contributed by atoms with Crippen molar-refractivity contribution in [3.8, 4) is 0 Å². The van der Waals surface area contributed by atoms with Gasteiger partial charge in [-0.05, 0) is 50.6 Å². The zero-order chi connectivity index (χ0) is 14.8. The van der Waals surface area contributed by atoms with Gasteiger partial charge in [0.2, 0.25) is 0 Å². The molecule has 2 aromatic rings. The van der Waals surface area contributed by atoms with E-state index < -0.39 is 0 Å². The molecule has 1 saturated carbocycles. The van der Waals surface area contributed by atoms with Crippen LogP contribution in [0.3, 0.4) is 0 Å². The standard InChI is InChI=1S/C16H24N4S/c1-10-11(2)21-16-14(10)15(19-9-20-16)18-8-13-6-4-3-5-12(13)7-17/h9,12-13H,3-8,17H2,1-2H3,(H,18,19,20). The van der Waals surface area contributed by atoms with E-state index in [1.165, 1.54) is 41.5 Å². The summed E-state index contributed by atoms with van der Waals surface area (Å²) >= 11 is 1.75. The van der Waals surface area contributed by atoms with Gasteiger partial charge in [-0.2, -0.15) is 0 Å². The van der Waals surface area contributed by atoms with Gasteiger partial charge in [-0.15, -0.1) is 11.3 Å². The van der Waals surface area contributed by atoms with Gasteiger partial charge >= 0.3 is 0 Å². The maximum Gasteiger partial charge on any atom is 0.138 e. The smallest absolute Gasteiger partial charge is 0.138 e. The molecule has 114 valence electrons. The minimum absolute atomic E-state index is 0.661. The normalized spacial score (nSPS) is 22.6. The second-order valence-corrected chi connectivity index (χ2v) is 7.31. The van der Waals surface area contributed by atoms with Crippen LogP contribution in [0.2, 0.25) is 0 Å². The lowest BCUT2D eigenvalue weighted by Crippen LogP contribution is -2.31. The van der Waals surface area contributed by atoms with Gasteiger partial charge in [0, 0.05) is 11.4 Å². The number of nitrogens with zero attached hydrogens (tertiary/aromatic N) is 2. The van der Waals surface area contributed by atoms with Gasteiger partial charge in [-0.3, -0.25) is 0 Å². The van der Waals surface area contributed by atoms with Crippen molar-refractivity contribution in [1.82, 2.24) is 9.97 Å². The summed E-state index contributed by atoms with van der Waals surface area (Å²) in [5.41, 5.74) is 7.23. The first-order chi connectivity index (χ1) is 10.2. The van der Waals surface area contributed by atoms with Crippen LogP contribution in [-0.2, 0) is 0 Å². The van der Waals surface area contributed by atoms with Crippen LogP contribution in [0.5, 0.6) is 0 Å². The van der Waals surface area contributed by atoms with Gasteiger partial charge in [0.15, 0.2) is 0 Å². The van der Waals surface area contributed by atoms with Gasteiger partial charge in [0.25, 0.3) is 0 Å². The van der Waals surface area contributed by atoms with E-state index in [4.69, 9.17) is 5.73 Å². The van der Waals surface area contributed by atoms with Crippen LogP contribution in [0.15, 0.2) is 6.33 Å². The third-order valence-electron chi connectivity index (χ3n) is 4.87. The molecule has 2 aromatic heterocycles. The number of aromatic nitrogens is 2.